The fourth-order valence-corrected chi connectivity index (χ4v) is 2.72. The molecule has 0 radical (unpaired) electrons. The van der Waals surface area contributed by atoms with Crippen molar-refractivity contribution in [3.05, 3.63) is 29.3 Å². The van der Waals surface area contributed by atoms with Crippen LogP contribution in [-0.4, -0.2) is 56.7 Å². The number of hydrogen-bond donors (Lipinski definition) is 1. The largest absolute Gasteiger partial charge is 0.496 e. The van der Waals surface area contributed by atoms with Crippen LogP contribution in [0.4, 0.5) is 0 Å². The van der Waals surface area contributed by atoms with Crippen molar-refractivity contribution in [1.82, 2.24) is 9.80 Å². The molecule has 0 bridgehead atoms. The Bertz CT molecular complexity index is 414. The number of benzene rings is 1. The van der Waals surface area contributed by atoms with Gasteiger partial charge in [0, 0.05) is 38.3 Å². The van der Waals surface area contributed by atoms with Crippen molar-refractivity contribution in [2.75, 3.05) is 46.9 Å². The highest BCUT2D eigenvalue weighted by molar-refractivity contribution is 5.39. The number of nitrogens with two attached hydrogens (primary N) is 1. The summed E-state index contributed by atoms with van der Waals surface area (Å²) in [5, 5.41) is 0. The second kappa shape index (κ2) is 6.37. The molecule has 1 aromatic rings. The molecule has 1 heterocycles. The lowest BCUT2D eigenvalue weighted by Gasteiger charge is -2.38. The summed E-state index contributed by atoms with van der Waals surface area (Å²) in [7, 11) is 3.90. The molecular weight excluding hydrogens is 238 g/mol. The molecule has 1 aliphatic rings. The molecule has 1 fully saturated rings. The molecule has 0 amide bonds. The van der Waals surface area contributed by atoms with Crippen LogP contribution in [0.3, 0.4) is 0 Å². The Morgan fingerprint density at radius 3 is 2.53 bits per heavy atom. The van der Waals surface area contributed by atoms with E-state index in [1.165, 1.54) is 11.1 Å². The van der Waals surface area contributed by atoms with E-state index >= 15 is 0 Å². The fourth-order valence-electron chi connectivity index (χ4n) is 2.72. The molecule has 0 aliphatic carbocycles. The summed E-state index contributed by atoms with van der Waals surface area (Å²) in [5.41, 5.74) is 8.50. The summed E-state index contributed by atoms with van der Waals surface area (Å²) in [6.07, 6.45) is 0. The van der Waals surface area contributed by atoms with Crippen molar-refractivity contribution in [3.63, 3.8) is 0 Å². The molecule has 106 valence electrons. The quantitative estimate of drug-likeness (QED) is 0.888. The topological polar surface area (TPSA) is 41.7 Å². The summed E-state index contributed by atoms with van der Waals surface area (Å²) >= 11 is 0. The van der Waals surface area contributed by atoms with Gasteiger partial charge in [-0.25, -0.2) is 0 Å². The Labute approximate surface area is 116 Å². The molecule has 0 spiro atoms. The summed E-state index contributed by atoms with van der Waals surface area (Å²) in [6, 6.07) is 6.58. The number of hydrogen-bond acceptors (Lipinski definition) is 4. The van der Waals surface area contributed by atoms with Gasteiger partial charge in [-0.1, -0.05) is 17.7 Å². The Hall–Kier alpha value is -1.10. The van der Waals surface area contributed by atoms with Gasteiger partial charge in [-0.3, -0.25) is 4.90 Å². The summed E-state index contributed by atoms with van der Waals surface area (Å²) in [5.74, 6) is 0.944. The maximum atomic E-state index is 6.03. The molecule has 1 aromatic carbocycles. The molecule has 19 heavy (non-hydrogen) atoms. The van der Waals surface area contributed by atoms with Gasteiger partial charge >= 0.3 is 0 Å². The van der Waals surface area contributed by atoms with Crippen molar-refractivity contribution in [1.29, 1.82) is 0 Å². The van der Waals surface area contributed by atoms with Crippen molar-refractivity contribution >= 4 is 0 Å². The van der Waals surface area contributed by atoms with E-state index in [1.807, 2.05) is 6.07 Å². The smallest absolute Gasteiger partial charge is 0.123 e. The van der Waals surface area contributed by atoms with Crippen LogP contribution in [0, 0.1) is 6.92 Å². The summed E-state index contributed by atoms with van der Waals surface area (Å²) < 4.78 is 5.50. The first-order valence-electron chi connectivity index (χ1n) is 6.93. The van der Waals surface area contributed by atoms with E-state index in [2.05, 4.69) is 35.9 Å². The SMILES string of the molecule is COc1ccc(C)cc1C(CN)N1CCN(C)CC1. The number of likely N-dealkylation sites (N-methyl/N-ethyl adjacent to an activating group) is 1. The molecule has 1 saturated heterocycles. The number of methoxy groups -OCH3 is 1. The van der Waals surface area contributed by atoms with Crippen LogP contribution in [-0.2, 0) is 0 Å². The van der Waals surface area contributed by atoms with E-state index in [1.54, 1.807) is 7.11 Å². The fraction of sp³-hybridized carbons (Fsp3) is 0.600. The van der Waals surface area contributed by atoms with Gasteiger partial charge in [0.05, 0.1) is 13.2 Å². The highest BCUT2D eigenvalue weighted by atomic mass is 16.5. The van der Waals surface area contributed by atoms with Crippen molar-refractivity contribution in [2.24, 2.45) is 5.73 Å². The molecule has 0 aromatic heterocycles. The lowest BCUT2D eigenvalue weighted by atomic mass is 10.0. The van der Waals surface area contributed by atoms with Crippen LogP contribution in [0.2, 0.25) is 0 Å². The van der Waals surface area contributed by atoms with Crippen LogP contribution in [0.5, 0.6) is 5.75 Å². The normalized spacial score (nSPS) is 19.4. The lowest BCUT2D eigenvalue weighted by Crippen LogP contribution is -2.47. The molecule has 4 heteroatoms. The van der Waals surface area contributed by atoms with Crippen LogP contribution in [0.25, 0.3) is 0 Å². The van der Waals surface area contributed by atoms with E-state index in [4.69, 9.17) is 10.5 Å². The molecule has 4 nitrogen and oxygen atoms in total. The second-order valence-electron chi connectivity index (χ2n) is 5.34. The van der Waals surface area contributed by atoms with E-state index in [0.717, 1.165) is 31.9 Å². The summed E-state index contributed by atoms with van der Waals surface area (Å²) in [6.45, 7) is 7.07. The van der Waals surface area contributed by atoms with Crippen molar-refractivity contribution in [3.8, 4) is 5.75 Å². The minimum atomic E-state index is 0.253. The predicted octanol–water partition coefficient (Wildman–Crippen LogP) is 1.25. The van der Waals surface area contributed by atoms with Gasteiger partial charge in [-0.05, 0) is 20.0 Å². The van der Waals surface area contributed by atoms with E-state index < -0.39 is 0 Å². The lowest BCUT2D eigenvalue weighted by molar-refractivity contribution is 0.113. The third-order valence-electron chi connectivity index (χ3n) is 3.95. The monoisotopic (exact) mass is 263 g/mol. The van der Waals surface area contributed by atoms with Crippen LogP contribution in [0.15, 0.2) is 18.2 Å². The van der Waals surface area contributed by atoms with Gasteiger partial charge in [0.1, 0.15) is 5.75 Å². The number of aryl methyl sites for hydroxylation is 1. The Morgan fingerprint density at radius 1 is 1.26 bits per heavy atom. The third kappa shape index (κ3) is 3.26. The third-order valence-corrected chi connectivity index (χ3v) is 3.95. The van der Waals surface area contributed by atoms with Gasteiger partial charge in [0.25, 0.3) is 0 Å². The minimum Gasteiger partial charge on any atom is -0.496 e. The predicted molar refractivity (Wildman–Crippen MR) is 78.6 cm³/mol. The van der Waals surface area contributed by atoms with E-state index in [-0.39, 0.29) is 6.04 Å². The number of ether oxygens (including phenoxy) is 1. The molecule has 2 N–H and O–H groups in total. The molecule has 1 aliphatic heterocycles. The van der Waals surface area contributed by atoms with Gasteiger partial charge in [-0.15, -0.1) is 0 Å². The maximum Gasteiger partial charge on any atom is 0.123 e. The van der Waals surface area contributed by atoms with Gasteiger partial charge in [-0.2, -0.15) is 0 Å². The number of nitrogens with zero attached hydrogens (tertiary/aromatic N) is 2. The standard InChI is InChI=1S/C15H25N3O/c1-12-4-5-15(19-3)13(10-12)14(11-16)18-8-6-17(2)7-9-18/h4-5,10,14H,6-9,11,16H2,1-3H3. The Kier molecular flexibility index (Phi) is 4.80. The average Bonchev–Trinajstić information content (AvgIpc) is 2.42. The average molecular weight is 263 g/mol. The number of rotatable bonds is 4. The molecule has 2 rings (SSSR count). The van der Waals surface area contributed by atoms with Crippen LogP contribution in [0.1, 0.15) is 17.2 Å². The van der Waals surface area contributed by atoms with E-state index in [0.29, 0.717) is 6.54 Å². The number of piperazine rings is 1. The second-order valence-corrected chi connectivity index (χ2v) is 5.34. The van der Waals surface area contributed by atoms with Gasteiger partial charge < -0.3 is 15.4 Å². The molecule has 0 saturated carbocycles. The first-order chi connectivity index (χ1) is 9.15. The zero-order valence-electron chi connectivity index (χ0n) is 12.2. The molecule has 1 atom stereocenters. The first kappa shape index (κ1) is 14.3. The zero-order chi connectivity index (χ0) is 13.8. The van der Waals surface area contributed by atoms with Crippen molar-refractivity contribution < 1.29 is 4.74 Å². The van der Waals surface area contributed by atoms with Crippen LogP contribution >= 0.6 is 0 Å². The Morgan fingerprint density at radius 2 is 1.95 bits per heavy atom. The molecular formula is C15H25N3O. The zero-order valence-corrected chi connectivity index (χ0v) is 12.2. The highest BCUT2D eigenvalue weighted by Crippen LogP contribution is 2.30. The summed E-state index contributed by atoms with van der Waals surface area (Å²) in [4.78, 5) is 4.83. The maximum absolute atomic E-state index is 6.03. The van der Waals surface area contributed by atoms with Gasteiger partial charge in [0.2, 0.25) is 0 Å². The minimum absolute atomic E-state index is 0.253. The van der Waals surface area contributed by atoms with Crippen molar-refractivity contribution in [2.45, 2.75) is 13.0 Å². The first-order valence-corrected chi connectivity index (χ1v) is 6.93. The molecule has 1 unspecified atom stereocenters. The van der Waals surface area contributed by atoms with E-state index in [9.17, 15) is 0 Å². The highest BCUT2D eigenvalue weighted by Gasteiger charge is 2.25. The van der Waals surface area contributed by atoms with Gasteiger partial charge in [0.15, 0.2) is 0 Å². The Balaban J connectivity index is 2.23. The van der Waals surface area contributed by atoms with Crippen LogP contribution < -0.4 is 10.5 Å².